The largest absolute Gasteiger partial charge is 0.495 e. The van der Waals surface area contributed by atoms with E-state index in [1.165, 1.54) is 13.2 Å². The van der Waals surface area contributed by atoms with Gasteiger partial charge >= 0.3 is 5.97 Å². The highest BCUT2D eigenvalue weighted by Crippen LogP contribution is 2.34. The predicted molar refractivity (Wildman–Crippen MR) is 61.2 cm³/mol. The number of esters is 1. The molecule has 1 unspecified atom stereocenters. The molecule has 0 N–H and O–H groups in total. The fourth-order valence-electron chi connectivity index (χ4n) is 1.28. The first-order chi connectivity index (χ1) is 7.61. The fourth-order valence-corrected chi connectivity index (χ4v) is 1.83. The summed E-state index contributed by atoms with van der Waals surface area (Å²) < 4.78 is 24.0. The molecule has 0 heterocycles. The molecule has 0 aliphatic rings. The molecule has 1 aromatic carbocycles. The molecule has 0 aromatic heterocycles. The molecule has 0 spiro atoms. The monoisotopic (exact) mass is 290 g/mol. The molecule has 0 aliphatic carbocycles. The second kappa shape index (κ2) is 5.84. The van der Waals surface area contributed by atoms with Crippen LogP contribution < -0.4 is 4.74 Å². The first kappa shape index (κ1) is 13.0. The second-order valence-corrected chi connectivity index (χ2v) is 3.83. The predicted octanol–water partition coefficient (Wildman–Crippen LogP) is 3.03. The van der Waals surface area contributed by atoms with Gasteiger partial charge in [-0.2, -0.15) is 0 Å². The third-order valence-corrected chi connectivity index (χ3v) is 2.59. The van der Waals surface area contributed by atoms with E-state index in [4.69, 9.17) is 4.74 Å². The van der Waals surface area contributed by atoms with Gasteiger partial charge in [0, 0.05) is 5.56 Å². The Balaban J connectivity index is 3.03. The van der Waals surface area contributed by atoms with Crippen LogP contribution >= 0.6 is 15.9 Å². The number of carbonyl (C=O) groups excluding carboxylic acids is 1. The van der Waals surface area contributed by atoms with E-state index in [-0.39, 0.29) is 12.2 Å². The summed E-state index contributed by atoms with van der Waals surface area (Å²) in [6, 6.07) is 4.83. The summed E-state index contributed by atoms with van der Waals surface area (Å²) in [7, 11) is 1.42. The topological polar surface area (TPSA) is 35.5 Å². The smallest absolute Gasteiger partial charge is 0.345 e. The van der Waals surface area contributed by atoms with E-state index in [9.17, 15) is 9.18 Å². The van der Waals surface area contributed by atoms with Crippen molar-refractivity contribution in [3.8, 4) is 5.75 Å². The van der Waals surface area contributed by atoms with Crippen molar-refractivity contribution in [2.45, 2.75) is 13.1 Å². The average molecular weight is 291 g/mol. The van der Waals surface area contributed by atoms with E-state index < -0.39 is 12.1 Å². The Morgan fingerprint density at radius 2 is 2.25 bits per heavy atom. The zero-order chi connectivity index (χ0) is 12.1. The highest BCUT2D eigenvalue weighted by Gasteiger charge is 2.25. The molecule has 0 bridgehead atoms. The van der Waals surface area contributed by atoms with Gasteiger partial charge in [-0.25, -0.2) is 9.18 Å². The lowest BCUT2D eigenvalue weighted by Crippen LogP contribution is -2.12. The SMILES string of the molecule is CCOC(=O)C(F)c1cccc(Br)c1OC. The van der Waals surface area contributed by atoms with E-state index in [1.807, 2.05) is 0 Å². The first-order valence-corrected chi connectivity index (χ1v) is 5.54. The summed E-state index contributed by atoms with van der Waals surface area (Å²) >= 11 is 3.22. The van der Waals surface area contributed by atoms with Gasteiger partial charge in [-0.3, -0.25) is 0 Å². The van der Waals surface area contributed by atoms with Crippen LogP contribution in [-0.4, -0.2) is 19.7 Å². The van der Waals surface area contributed by atoms with Crippen molar-refractivity contribution in [3.05, 3.63) is 28.2 Å². The van der Waals surface area contributed by atoms with E-state index >= 15 is 0 Å². The van der Waals surface area contributed by atoms with Crippen LogP contribution in [0.15, 0.2) is 22.7 Å². The Morgan fingerprint density at radius 3 is 2.81 bits per heavy atom. The maximum absolute atomic E-state index is 13.8. The van der Waals surface area contributed by atoms with E-state index in [2.05, 4.69) is 20.7 Å². The van der Waals surface area contributed by atoms with Crippen LogP contribution in [0.5, 0.6) is 5.75 Å². The third-order valence-electron chi connectivity index (χ3n) is 1.97. The minimum Gasteiger partial charge on any atom is -0.495 e. The van der Waals surface area contributed by atoms with Crippen molar-refractivity contribution in [1.29, 1.82) is 0 Å². The zero-order valence-corrected chi connectivity index (χ0v) is 10.6. The molecular formula is C11H12BrFO3. The molecule has 0 saturated heterocycles. The maximum atomic E-state index is 13.8. The lowest BCUT2D eigenvalue weighted by molar-refractivity contribution is -0.149. The van der Waals surface area contributed by atoms with Crippen molar-refractivity contribution >= 4 is 21.9 Å². The highest BCUT2D eigenvalue weighted by molar-refractivity contribution is 9.10. The number of carbonyl (C=O) groups is 1. The van der Waals surface area contributed by atoms with Gasteiger partial charge in [-0.15, -0.1) is 0 Å². The summed E-state index contributed by atoms with van der Waals surface area (Å²) in [4.78, 5) is 11.3. The lowest BCUT2D eigenvalue weighted by atomic mass is 10.1. The van der Waals surface area contributed by atoms with Crippen LogP contribution in [0.1, 0.15) is 18.7 Å². The number of hydrogen-bond acceptors (Lipinski definition) is 3. The minimum absolute atomic E-state index is 0.148. The van der Waals surface area contributed by atoms with Crippen molar-refractivity contribution in [2.24, 2.45) is 0 Å². The van der Waals surface area contributed by atoms with Gasteiger partial charge < -0.3 is 9.47 Å². The molecule has 0 aliphatic heterocycles. The molecule has 0 radical (unpaired) electrons. The van der Waals surface area contributed by atoms with E-state index in [1.54, 1.807) is 19.1 Å². The van der Waals surface area contributed by atoms with Crippen LogP contribution in [0, 0.1) is 0 Å². The Bertz CT molecular complexity index is 381. The lowest BCUT2D eigenvalue weighted by Gasteiger charge is -2.13. The Labute approximate surface area is 102 Å². The molecule has 0 amide bonds. The number of rotatable bonds is 4. The molecule has 1 aromatic rings. The normalized spacial score (nSPS) is 12.0. The molecule has 0 fully saturated rings. The van der Waals surface area contributed by atoms with Crippen LogP contribution in [0.3, 0.4) is 0 Å². The third kappa shape index (κ3) is 2.72. The number of para-hydroxylation sites is 1. The van der Waals surface area contributed by atoms with Gasteiger partial charge in [0.25, 0.3) is 0 Å². The number of ether oxygens (including phenoxy) is 2. The van der Waals surface area contributed by atoms with Crippen LogP contribution in [-0.2, 0) is 9.53 Å². The summed E-state index contributed by atoms with van der Waals surface area (Å²) in [6.07, 6.45) is -1.83. The van der Waals surface area contributed by atoms with Gasteiger partial charge in [0.05, 0.1) is 18.2 Å². The molecule has 1 atom stereocenters. The molecular weight excluding hydrogens is 279 g/mol. The first-order valence-electron chi connectivity index (χ1n) is 4.74. The quantitative estimate of drug-likeness (QED) is 0.800. The van der Waals surface area contributed by atoms with Crippen molar-refractivity contribution in [1.82, 2.24) is 0 Å². The summed E-state index contributed by atoms with van der Waals surface area (Å²) in [5, 5.41) is 0. The van der Waals surface area contributed by atoms with Crippen LogP contribution in [0.25, 0.3) is 0 Å². The fraction of sp³-hybridized carbons (Fsp3) is 0.364. The van der Waals surface area contributed by atoms with E-state index in [0.717, 1.165) is 0 Å². The van der Waals surface area contributed by atoms with Gasteiger partial charge in [-0.05, 0) is 28.9 Å². The Morgan fingerprint density at radius 1 is 1.56 bits per heavy atom. The Hall–Kier alpha value is -1.10. The number of hydrogen-bond donors (Lipinski definition) is 0. The van der Waals surface area contributed by atoms with Crippen molar-refractivity contribution in [3.63, 3.8) is 0 Å². The molecule has 1 rings (SSSR count). The summed E-state index contributed by atoms with van der Waals surface area (Å²) in [5.74, 6) is -0.595. The minimum atomic E-state index is -1.83. The van der Waals surface area contributed by atoms with Gasteiger partial charge in [0.15, 0.2) is 0 Å². The zero-order valence-electron chi connectivity index (χ0n) is 9.00. The van der Waals surface area contributed by atoms with Crippen molar-refractivity contribution < 1.29 is 18.7 Å². The molecule has 16 heavy (non-hydrogen) atoms. The van der Waals surface area contributed by atoms with E-state index in [0.29, 0.717) is 10.2 Å². The standard InChI is InChI=1S/C11H12BrFO3/c1-3-16-11(14)9(13)7-5-4-6-8(12)10(7)15-2/h4-6,9H,3H2,1-2H3. The van der Waals surface area contributed by atoms with Crippen LogP contribution in [0.2, 0.25) is 0 Å². The van der Waals surface area contributed by atoms with Crippen molar-refractivity contribution in [2.75, 3.05) is 13.7 Å². The Kier molecular flexibility index (Phi) is 4.73. The maximum Gasteiger partial charge on any atom is 0.345 e. The number of alkyl halides is 1. The average Bonchev–Trinajstić information content (AvgIpc) is 2.28. The van der Waals surface area contributed by atoms with Crippen LogP contribution in [0.4, 0.5) is 4.39 Å². The molecule has 0 saturated carbocycles. The van der Waals surface area contributed by atoms with Gasteiger partial charge in [0.2, 0.25) is 6.17 Å². The highest BCUT2D eigenvalue weighted by atomic mass is 79.9. The summed E-state index contributed by atoms with van der Waals surface area (Å²) in [6.45, 7) is 1.78. The molecule has 5 heteroatoms. The van der Waals surface area contributed by atoms with Gasteiger partial charge in [0.1, 0.15) is 5.75 Å². The number of halogens is 2. The summed E-state index contributed by atoms with van der Waals surface area (Å²) in [5.41, 5.74) is 0.162. The number of methoxy groups -OCH3 is 1. The second-order valence-electron chi connectivity index (χ2n) is 2.98. The number of benzene rings is 1. The molecule has 3 nitrogen and oxygen atoms in total. The van der Waals surface area contributed by atoms with Gasteiger partial charge in [-0.1, -0.05) is 12.1 Å². The molecule has 88 valence electrons.